The molecule has 0 radical (unpaired) electrons. The highest BCUT2D eigenvalue weighted by Gasteiger charge is 2.26. The van der Waals surface area contributed by atoms with Crippen molar-refractivity contribution < 1.29 is 23.8 Å². The normalized spacial score (nSPS) is 16.2. The van der Waals surface area contributed by atoms with Gasteiger partial charge in [-0.25, -0.2) is 4.39 Å². The Hall–Kier alpha value is -2.48. The standard InChI is InChI=1S/C25H33FN2O4/c1-27(15-19-6-8-22(26)9-7-19)16-20-4-3-5-24(14-20)32-18-23(29)17-28-12-10-21(11-13-28)25(30)31-2/h3-9,14,21,23,29H,10-13,15-18H2,1-2H3/t23-/m0/s1. The summed E-state index contributed by atoms with van der Waals surface area (Å²) < 4.78 is 23.7. The van der Waals surface area contributed by atoms with Gasteiger partial charge < -0.3 is 19.5 Å². The highest BCUT2D eigenvalue weighted by molar-refractivity contribution is 5.72. The van der Waals surface area contributed by atoms with E-state index in [4.69, 9.17) is 9.47 Å². The number of carbonyl (C=O) groups excluding carboxylic acids is 1. The maximum Gasteiger partial charge on any atom is 0.308 e. The van der Waals surface area contributed by atoms with Crippen molar-refractivity contribution in [1.29, 1.82) is 0 Å². The zero-order chi connectivity index (χ0) is 22.9. The van der Waals surface area contributed by atoms with Gasteiger partial charge >= 0.3 is 5.97 Å². The molecule has 0 saturated carbocycles. The third-order valence-electron chi connectivity index (χ3n) is 5.75. The molecule has 2 aromatic carbocycles. The van der Waals surface area contributed by atoms with E-state index in [9.17, 15) is 14.3 Å². The number of methoxy groups -OCH3 is 1. The number of ether oxygens (including phenoxy) is 2. The van der Waals surface area contributed by atoms with Crippen molar-refractivity contribution in [2.45, 2.75) is 32.0 Å². The summed E-state index contributed by atoms with van der Waals surface area (Å²) in [6, 6.07) is 14.4. The maximum atomic E-state index is 13.1. The second kappa shape index (κ2) is 11.9. The Morgan fingerprint density at radius 3 is 2.53 bits per heavy atom. The number of carbonyl (C=O) groups is 1. The van der Waals surface area contributed by atoms with Crippen LogP contribution in [0, 0.1) is 11.7 Å². The Balaban J connectivity index is 1.41. The van der Waals surface area contributed by atoms with Crippen LogP contribution >= 0.6 is 0 Å². The summed E-state index contributed by atoms with van der Waals surface area (Å²) >= 11 is 0. The molecule has 6 nitrogen and oxygen atoms in total. The summed E-state index contributed by atoms with van der Waals surface area (Å²) in [4.78, 5) is 15.9. The lowest BCUT2D eigenvalue weighted by atomic mass is 9.97. The number of nitrogens with zero attached hydrogens (tertiary/aromatic N) is 2. The molecule has 1 atom stereocenters. The molecule has 7 heteroatoms. The molecule has 0 spiro atoms. The molecule has 1 fully saturated rings. The second-order valence-corrected chi connectivity index (χ2v) is 8.51. The maximum absolute atomic E-state index is 13.1. The summed E-state index contributed by atoms with van der Waals surface area (Å²) in [6.45, 7) is 3.72. The van der Waals surface area contributed by atoms with E-state index in [1.54, 1.807) is 12.1 Å². The Kier molecular flexibility index (Phi) is 9.02. The van der Waals surface area contributed by atoms with Gasteiger partial charge in [-0.15, -0.1) is 0 Å². The van der Waals surface area contributed by atoms with Crippen LogP contribution in [-0.4, -0.2) is 67.4 Å². The number of benzene rings is 2. The molecule has 3 rings (SSSR count). The van der Waals surface area contributed by atoms with Crippen molar-refractivity contribution in [2.75, 3.05) is 40.4 Å². The van der Waals surface area contributed by atoms with E-state index >= 15 is 0 Å². The van der Waals surface area contributed by atoms with Crippen LogP contribution in [0.4, 0.5) is 4.39 Å². The van der Waals surface area contributed by atoms with Gasteiger partial charge in [0.1, 0.15) is 24.3 Å². The minimum Gasteiger partial charge on any atom is -0.491 e. The molecule has 1 saturated heterocycles. The number of rotatable bonds is 10. The molecule has 0 aromatic heterocycles. The largest absolute Gasteiger partial charge is 0.491 e. The van der Waals surface area contributed by atoms with Gasteiger partial charge in [0.2, 0.25) is 0 Å². The molecule has 1 aliphatic heterocycles. The van der Waals surface area contributed by atoms with Gasteiger partial charge in [-0.2, -0.15) is 0 Å². The first-order valence-electron chi connectivity index (χ1n) is 11.1. The van der Waals surface area contributed by atoms with Crippen LogP contribution < -0.4 is 4.74 Å². The topological polar surface area (TPSA) is 62.2 Å². The second-order valence-electron chi connectivity index (χ2n) is 8.51. The number of aliphatic hydroxyl groups is 1. The smallest absolute Gasteiger partial charge is 0.308 e. The SMILES string of the molecule is COC(=O)C1CCN(C[C@H](O)COc2cccc(CN(C)Cc3ccc(F)cc3)c2)CC1. The molecule has 1 N–H and O–H groups in total. The first-order chi connectivity index (χ1) is 15.4. The summed E-state index contributed by atoms with van der Waals surface area (Å²) in [7, 11) is 3.44. The van der Waals surface area contributed by atoms with E-state index in [0.717, 1.165) is 55.9 Å². The monoisotopic (exact) mass is 444 g/mol. The molecule has 0 bridgehead atoms. The Morgan fingerprint density at radius 2 is 1.84 bits per heavy atom. The van der Waals surface area contributed by atoms with Gasteiger partial charge in [-0.3, -0.25) is 9.69 Å². The molecule has 0 aliphatic carbocycles. The van der Waals surface area contributed by atoms with Crippen molar-refractivity contribution >= 4 is 5.97 Å². The van der Waals surface area contributed by atoms with Crippen molar-refractivity contribution in [3.05, 3.63) is 65.5 Å². The minimum atomic E-state index is -0.602. The van der Waals surface area contributed by atoms with E-state index in [2.05, 4.69) is 9.80 Å². The molecular weight excluding hydrogens is 411 g/mol. The van der Waals surface area contributed by atoms with Gasteiger partial charge in [0.05, 0.1) is 13.0 Å². The van der Waals surface area contributed by atoms with Crippen LogP contribution in [0.25, 0.3) is 0 Å². The number of hydrogen-bond donors (Lipinski definition) is 1. The van der Waals surface area contributed by atoms with E-state index in [0.29, 0.717) is 6.54 Å². The van der Waals surface area contributed by atoms with Gasteiger partial charge in [0, 0.05) is 19.6 Å². The molecule has 0 amide bonds. The van der Waals surface area contributed by atoms with Crippen LogP contribution in [0.1, 0.15) is 24.0 Å². The summed E-state index contributed by atoms with van der Waals surface area (Å²) in [5.74, 6) is 0.320. The van der Waals surface area contributed by atoms with E-state index in [1.165, 1.54) is 19.2 Å². The summed E-state index contributed by atoms with van der Waals surface area (Å²) in [5.41, 5.74) is 2.16. The van der Waals surface area contributed by atoms with Gasteiger partial charge in [-0.05, 0) is 68.4 Å². The van der Waals surface area contributed by atoms with Crippen LogP contribution in [0.5, 0.6) is 5.75 Å². The van der Waals surface area contributed by atoms with Crippen LogP contribution in [-0.2, 0) is 22.6 Å². The fourth-order valence-corrected chi connectivity index (χ4v) is 4.06. The number of esters is 1. The first-order valence-corrected chi connectivity index (χ1v) is 11.1. The number of β-amino-alcohol motifs (C(OH)–C–C–N with tert-alkyl or cyclic N) is 1. The number of aliphatic hydroxyl groups excluding tert-OH is 1. The Labute approximate surface area is 189 Å². The Morgan fingerprint density at radius 1 is 1.16 bits per heavy atom. The third kappa shape index (κ3) is 7.58. The lowest BCUT2D eigenvalue weighted by Crippen LogP contribution is -2.42. The fourth-order valence-electron chi connectivity index (χ4n) is 4.06. The summed E-state index contributed by atoms with van der Waals surface area (Å²) in [5, 5.41) is 10.4. The molecular formula is C25H33FN2O4. The third-order valence-corrected chi connectivity index (χ3v) is 5.75. The van der Waals surface area contributed by atoms with Crippen LogP contribution in [0.15, 0.2) is 48.5 Å². The Bertz CT molecular complexity index is 853. The zero-order valence-electron chi connectivity index (χ0n) is 18.9. The van der Waals surface area contributed by atoms with Crippen molar-refractivity contribution in [3.8, 4) is 5.75 Å². The molecule has 0 unspecified atom stereocenters. The van der Waals surface area contributed by atoms with Gasteiger partial charge in [0.15, 0.2) is 0 Å². The predicted molar refractivity (Wildman–Crippen MR) is 121 cm³/mol. The first kappa shape index (κ1) is 24.2. The number of halogens is 1. The molecule has 2 aromatic rings. The molecule has 174 valence electrons. The van der Waals surface area contributed by atoms with E-state index in [1.807, 2.05) is 31.3 Å². The van der Waals surface area contributed by atoms with Crippen LogP contribution in [0.3, 0.4) is 0 Å². The number of piperidine rings is 1. The highest BCUT2D eigenvalue weighted by Crippen LogP contribution is 2.19. The van der Waals surface area contributed by atoms with Crippen LogP contribution in [0.2, 0.25) is 0 Å². The number of hydrogen-bond acceptors (Lipinski definition) is 6. The van der Waals surface area contributed by atoms with Gasteiger partial charge in [-0.1, -0.05) is 24.3 Å². The summed E-state index contributed by atoms with van der Waals surface area (Å²) in [6.07, 6.45) is 0.913. The lowest BCUT2D eigenvalue weighted by Gasteiger charge is -2.31. The van der Waals surface area contributed by atoms with Crippen molar-refractivity contribution in [1.82, 2.24) is 9.80 Å². The molecule has 1 aliphatic rings. The fraction of sp³-hybridized carbons (Fsp3) is 0.480. The lowest BCUT2D eigenvalue weighted by molar-refractivity contribution is -0.147. The van der Waals surface area contributed by atoms with Gasteiger partial charge in [0.25, 0.3) is 0 Å². The minimum absolute atomic E-state index is 0.0337. The van der Waals surface area contributed by atoms with E-state index in [-0.39, 0.29) is 24.3 Å². The predicted octanol–water partition coefficient (Wildman–Crippen LogP) is 3.08. The zero-order valence-corrected chi connectivity index (χ0v) is 18.9. The molecule has 1 heterocycles. The average Bonchev–Trinajstić information content (AvgIpc) is 2.79. The van der Waals surface area contributed by atoms with Crippen molar-refractivity contribution in [3.63, 3.8) is 0 Å². The van der Waals surface area contributed by atoms with E-state index < -0.39 is 6.10 Å². The molecule has 32 heavy (non-hydrogen) atoms. The average molecular weight is 445 g/mol. The highest BCUT2D eigenvalue weighted by atomic mass is 19.1. The quantitative estimate of drug-likeness (QED) is 0.569. The van der Waals surface area contributed by atoms with Crippen molar-refractivity contribution in [2.24, 2.45) is 5.92 Å². The number of likely N-dealkylation sites (tertiary alicyclic amines) is 1.